The van der Waals surface area contributed by atoms with Gasteiger partial charge in [-0.1, -0.05) is 0 Å². The fourth-order valence-electron chi connectivity index (χ4n) is 1.73. The Morgan fingerprint density at radius 2 is 1.89 bits per heavy atom. The van der Waals surface area contributed by atoms with Gasteiger partial charge in [-0.2, -0.15) is 0 Å². The number of aromatic amines is 1. The predicted molar refractivity (Wildman–Crippen MR) is 64.6 cm³/mol. The van der Waals surface area contributed by atoms with Gasteiger partial charge in [-0.05, 0) is 32.0 Å². The zero-order valence-electron chi connectivity index (χ0n) is 9.97. The molecule has 2 rings (SSSR count). The van der Waals surface area contributed by atoms with Gasteiger partial charge in [0, 0.05) is 23.1 Å². The number of nitrogens with one attached hydrogen (secondary N) is 2. The van der Waals surface area contributed by atoms with E-state index in [4.69, 9.17) is 0 Å². The first-order valence-corrected chi connectivity index (χ1v) is 5.40. The van der Waals surface area contributed by atoms with Gasteiger partial charge in [0.05, 0.1) is 5.56 Å². The van der Waals surface area contributed by atoms with E-state index < -0.39 is 11.6 Å². The highest BCUT2D eigenvalue weighted by Crippen LogP contribution is 2.16. The number of carbonyl (C=O) groups excluding carboxylic acids is 1. The summed E-state index contributed by atoms with van der Waals surface area (Å²) in [5.74, 6) is -2.29. The number of H-pyrrole nitrogens is 1. The number of aryl methyl sites for hydroxylation is 2. The lowest BCUT2D eigenvalue weighted by Gasteiger charge is -2.05. The van der Waals surface area contributed by atoms with Crippen LogP contribution in [-0.2, 0) is 0 Å². The second-order valence-corrected chi connectivity index (χ2v) is 4.07. The maximum atomic E-state index is 13.0. The molecule has 0 unspecified atom stereocenters. The third-order valence-electron chi connectivity index (χ3n) is 2.57. The number of benzene rings is 1. The van der Waals surface area contributed by atoms with E-state index in [1.807, 2.05) is 6.92 Å². The van der Waals surface area contributed by atoms with E-state index in [1.54, 1.807) is 13.0 Å². The van der Waals surface area contributed by atoms with E-state index in [1.165, 1.54) is 6.07 Å². The van der Waals surface area contributed by atoms with Gasteiger partial charge < -0.3 is 10.3 Å². The lowest BCUT2D eigenvalue weighted by atomic mass is 10.2. The minimum atomic E-state index is -0.991. The molecule has 94 valence electrons. The first-order valence-electron chi connectivity index (χ1n) is 5.40. The highest BCUT2D eigenvalue weighted by molar-refractivity contribution is 6.05. The van der Waals surface area contributed by atoms with Crippen molar-refractivity contribution < 1.29 is 13.6 Å². The Morgan fingerprint density at radius 3 is 2.44 bits per heavy atom. The van der Waals surface area contributed by atoms with Gasteiger partial charge in [-0.25, -0.2) is 8.78 Å². The number of anilines is 1. The average molecular weight is 250 g/mol. The van der Waals surface area contributed by atoms with Crippen molar-refractivity contribution in [3.63, 3.8) is 0 Å². The van der Waals surface area contributed by atoms with E-state index in [0.717, 1.165) is 23.5 Å². The number of halogens is 2. The number of amides is 1. The first-order chi connectivity index (χ1) is 8.47. The molecule has 1 amide bonds. The van der Waals surface area contributed by atoms with Crippen molar-refractivity contribution in [1.82, 2.24) is 4.98 Å². The fourth-order valence-corrected chi connectivity index (χ4v) is 1.73. The van der Waals surface area contributed by atoms with Crippen molar-refractivity contribution in [2.45, 2.75) is 13.8 Å². The van der Waals surface area contributed by atoms with Gasteiger partial charge in [0.2, 0.25) is 0 Å². The van der Waals surface area contributed by atoms with Gasteiger partial charge in [-0.3, -0.25) is 4.79 Å². The Hall–Kier alpha value is -2.17. The maximum Gasteiger partial charge on any atom is 0.257 e. The lowest BCUT2D eigenvalue weighted by molar-refractivity contribution is 0.102. The van der Waals surface area contributed by atoms with Crippen molar-refractivity contribution >= 4 is 11.6 Å². The van der Waals surface area contributed by atoms with Crippen LogP contribution in [0, 0.1) is 25.5 Å². The monoisotopic (exact) mass is 250 g/mol. The molecule has 3 nitrogen and oxygen atoms in total. The summed E-state index contributed by atoms with van der Waals surface area (Å²) < 4.78 is 25.7. The third kappa shape index (κ3) is 2.40. The molecule has 1 aromatic carbocycles. The topological polar surface area (TPSA) is 44.9 Å². The molecular formula is C13H12F2N2O. The number of aromatic nitrogens is 1. The molecule has 0 aliphatic carbocycles. The highest BCUT2D eigenvalue weighted by Gasteiger charge is 2.12. The Morgan fingerprint density at radius 1 is 1.17 bits per heavy atom. The van der Waals surface area contributed by atoms with Gasteiger partial charge >= 0.3 is 0 Å². The lowest BCUT2D eigenvalue weighted by Crippen LogP contribution is -2.12. The van der Waals surface area contributed by atoms with Crippen LogP contribution in [0.4, 0.5) is 14.5 Å². The van der Waals surface area contributed by atoms with E-state index >= 15 is 0 Å². The zero-order valence-corrected chi connectivity index (χ0v) is 9.97. The van der Waals surface area contributed by atoms with Crippen LogP contribution in [0.5, 0.6) is 0 Å². The minimum absolute atomic E-state index is 0.220. The van der Waals surface area contributed by atoms with Crippen LogP contribution in [0.1, 0.15) is 21.7 Å². The molecule has 5 heteroatoms. The third-order valence-corrected chi connectivity index (χ3v) is 2.57. The molecule has 0 aliphatic heterocycles. The maximum absolute atomic E-state index is 13.0. The summed E-state index contributed by atoms with van der Waals surface area (Å²) in [6.45, 7) is 3.61. The number of hydrogen-bond acceptors (Lipinski definition) is 1. The molecular weight excluding hydrogens is 238 g/mol. The van der Waals surface area contributed by atoms with Crippen LogP contribution in [-0.4, -0.2) is 10.9 Å². The minimum Gasteiger partial charge on any atom is -0.362 e. The van der Waals surface area contributed by atoms with Crippen molar-refractivity contribution in [3.8, 4) is 0 Å². The molecule has 0 radical (unpaired) electrons. The van der Waals surface area contributed by atoms with E-state index in [-0.39, 0.29) is 11.6 Å². The molecule has 2 N–H and O–H groups in total. The molecule has 18 heavy (non-hydrogen) atoms. The summed E-state index contributed by atoms with van der Waals surface area (Å²) in [5, 5.41) is 2.51. The normalized spacial score (nSPS) is 10.4. The molecule has 0 saturated carbocycles. The van der Waals surface area contributed by atoms with E-state index in [9.17, 15) is 13.6 Å². The van der Waals surface area contributed by atoms with Crippen molar-refractivity contribution in [1.29, 1.82) is 0 Å². The average Bonchev–Trinajstić information content (AvgIpc) is 2.63. The Kier molecular flexibility index (Phi) is 3.14. The van der Waals surface area contributed by atoms with E-state index in [2.05, 4.69) is 10.3 Å². The molecule has 1 aromatic heterocycles. The summed E-state index contributed by atoms with van der Waals surface area (Å²) in [7, 11) is 0. The first kappa shape index (κ1) is 12.3. The summed E-state index contributed by atoms with van der Waals surface area (Å²) in [4.78, 5) is 14.9. The Bertz CT molecular complexity index is 605. The quantitative estimate of drug-likeness (QED) is 0.844. The summed E-state index contributed by atoms with van der Waals surface area (Å²) >= 11 is 0. The molecule has 0 saturated heterocycles. The van der Waals surface area contributed by atoms with Crippen LogP contribution in [0.3, 0.4) is 0 Å². The molecule has 0 aliphatic rings. The molecule has 2 aromatic rings. The highest BCUT2D eigenvalue weighted by atomic mass is 19.2. The Balaban J connectivity index is 2.21. The number of carbonyl (C=O) groups is 1. The zero-order chi connectivity index (χ0) is 13.3. The van der Waals surface area contributed by atoms with E-state index in [0.29, 0.717) is 5.56 Å². The van der Waals surface area contributed by atoms with Crippen LogP contribution in [0.2, 0.25) is 0 Å². The summed E-state index contributed by atoms with van der Waals surface area (Å²) in [6.07, 6.45) is 0. The fraction of sp³-hybridized carbons (Fsp3) is 0.154. The smallest absolute Gasteiger partial charge is 0.257 e. The van der Waals surface area contributed by atoms with Crippen LogP contribution in [0.15, 0.2) is 24.3 Å². The van der Waals surface area contributed by atoms with Gasteiger partial charge in [0.15, 0.2) is 11.6 Å². The summed E-state index contributed by atoms with van der Waals surface area (Å²) in [5.41, 5.74) is 2.30. The van der Waals surface area contributed by atoms with Crippen LogP contribution >= 0.6 is 0 Å². The van der Waals surface area contributed by atoms with Gasteiger partial charge in [-0.15, -0.1) is 0 Å². The summed E-state index contributed by atoms with van der Waals surface area (Å²) in [6, 6.07) is 4.93. The van der Waals surface area contributed by atoms with Gasteiger partial charge in [0.1, 0.15) is 0 Å². The Labute approximate surface area is 103 Å². The molecule has 0 bridgehead atoms. The SMILES string of the molecule is Cc1cc(C(=O)Nc2ccc(F)c(F)c2)c(C)[nH]1. The van der Waals surface area contributed by atoms with Crippen molar-refractivity contribution in [3.05, 3.63) is 52.9 Å². The van der Waals surface area contributed by atoms with Crippen LogP contribution < -0.4 is 5.32 Å². The molecule has 0 fully saturated rings. The number of rotatable bonds is 2. The van der Waals surface area contributed by atoms with Crippen molar-refractivity contribution in [2.75, 3.05) is 5.32 Å². The van der Waals surface area contributed by atoms with Gasteiger partial charge in [0.25, 0.3) is 5.91 Å². The largest absolute Gasteiger partial charge is 0.362 e. The predicted octanol–water partition coefficient (Wildman–Crippen LogP) is 3.16. The van der Waals surface area contributed by atoms with Crippen molar-refractivity contribution in [2.24, 2.45) is 0 Å². The number of hydrogen-bond donors (Lipinski definition) is 2. The molecule has 0 atom stereocenters. The van der Waals surface area contributed by atoms with Crippen LogP contribution in [0.25, 0.3) is 0 Å². The standard InChI is InChI=1S/C13H12F2N2O/c1-7-5-10(8(2)16-7)13(18)17-9-3-4-11(14)12(15)6-9/h3-6,16H,1-2H3,(H,17,18). The second kappa shape index (κ2) is 4.60. The molecule has 1 heterocycles. The molecule has 0 spiro atoms. The second-order valence-electron chi connectivity index (χ2n) is 4.07.